The van der Waals surface area contributed by atoms with Crippen LogP contribution in [0.25, 0.3) is 0 Å². The van der Waals surface area contributed by atoms with E-state index in [1.807, 2.05) is 7.05 Å². The maximum absolute atomic E-state index is 3.03. The van der Waals surface area contributed by atoms with E-state index < -0.39 is 0 Å². The minimum Gasteiger partial charge on any atom is -0.259 e. The molecule has 0 bridgehead atoms. The molecule has 0 amide bonds. The third kappa shape index (κ3) is 4.09. The van der Waals surface area contributed by atoms with Crippen molar-refractivity contribution < 1.29 is 0 Å². The van der Waals surface area contributed by atoms with E-state index in [4.69, 9.17) is 0 Å². The van der Waals surface area contributed by atoms with Crippen molar-refractivity contribution in [3.05, 3.63) is 0 Å². The number of hydrogen-bond donors (Lipinski definition) is 1. The van der Waals surface area contributed by atoms with Crippen LogP contribution in [-0.4, -0.2) is 25.6 Å². The fourth-order valence-corrected chi connectivity index (χ4v) is 0.507. The first-order valence-electron chi connectivity index (χ1n) is 3.19. The SMILES string of the molecule is CCCCN(C)NC. The highest BCUT2D eigenvalue weighted by molar-refractivity contribution is 4.39. The van der Waals surface area contributed by atoms with Gasteiger partial charge in [0.25, 0.3) is 0 Å². The van der Waals surface area contributed by atoms with E-state index in [1.165, 1.54) is 12.8 Å². The molecule has 0 radical (unpaired) electrons. The van der Waals surface area contributed by atoms with Crippen LogP contribution in [0.5, 0.6) is 0 Å². The van der Waals surface area contributed by atoms with Crippen molar-refractivity contribution in [2.24, 2.45) is 0 Å². The monoisotopic (exact) mass is 116 g/mol. The molecule has 0 aliphatic carbocycles. The van der Waals surface area contributed by atoms with E-state index in [9.17, 15) is 0 Å². The fraction of sp³-hybridized carbons (Fsp3) is 1.00. The standard InChI is InChI=1S/C6H16N2/c1-4-5-6-8(3)7-2/h7H,4-6H2,1-3H3. The van der Waals surface area contributed by atoms with Gasteiger partial charge in [-0.2, -0.15) is 0 Å². The lowest BCUT2D eigenvalue weighted by Crippen LogP contribution is -2.31. The molecule has 0 saturated heterocycles. The lowest BCUT2D eigenvalue weighted by molar-refractivity contribution is 0.256. The summed E-state index contributed by atoms with van der Waals surface area (Å²) in [4.78, 5) is 0. The van der Waals surface area contributed by atoms with Crippen molar-refractivity contribution in [2.75, 3.05) is 20.6 Å². The molecule has 1 N–H and O–H groups in total. The Balaban J connectivity index is 2.86. The molecule has 0 spiro atoms. The third-order valence-corrected chi connectivity index (χ3v) is 1.23. The Labute approximate surface area is 51.8 Å². The van der Waals surface area contributed by atoms with E-state index in [-0.39, 0.29) is 0 Å². The normalized spacial score (nSPS) is 10.5. The minimum atomic E-state index is 1.15. The van der Waals surface area contributed by atoms with Crippen LogP contribution in [0, 0.1) is 0 Å². The second-order valence-electron chi connectivity index (χ2n) is 2.00. The largest absolute Gasteiger partial charge is 0.259 e. The van der Waals surface area contributed by atoms with Crippen molar-refractivity contribution in [1.82, 2.24) is 10.4 Å². The molecule has 0 aliphatic rings. The zero-order valence-electron chi connectivity index (χ0n) is 6.07. The van der Waals surface area contributed by atoms with Crippen LogP contribution < -0.4 is 5.43 Å². The third-order valence-electron chi connectivity index (χ3n) is 1.23. The summed E-state index contributed by atoms with van der Waals surface area (Å²) in [5.74, 6) is 0. The number of nitrogens with zero attached hydrogens (tertiary/aromatic N) is 1. The Hall–Kier alpha value is -0.0800. The summed E-state index contributed by atoms with van der Waals surface area (Å²) in [5.41, 5.74) is 3.03. The van der Waals surface area contributed by atoms with E-state index in [2.05, 4.69) is 24.4 Å². The minimum absolute atomic E-state index is 1.15. The summed E-state index contributed by atoms with van der Waals surface area (Å²) in [5, 5.41) is 2.09. The molecule has 0 atom stereocenters. The molecule has 2 nitrogen and oxygen atoms in total. The van der Waals surface area contributed by atoms with Crippen molar-refractivity contribution in [3.8, 4) is 0 Å². The summed E-state index contributed by atoms with van der Waals surface area (Å²) in [6.07, 6.45) is 2.54. The van der Waals surface area contributed by atoms with Gasteiger partial charge in [0.2, 0.25) is 0 Å². The number of nitrogens with one attached hydrogen (secondary N) is 1. The van der Waals surface area contributed by atoms with Crippen LogP contribution in [-0.2, 0) is 0 Å². The number of unbranched alkanes of at least 4 members (excludes halogenated alkanes) is 1. The lowest BCUT2D eigenvalue weighted by atomic mass is 10.3. The summed E-state index contributed by atoms with van der Waals surface area (Å²) < 4.78 is 0. The van der Waals surface area contributed by atoms with Gasteiger partial charge in [-0.05, 0) is 13.5 Å². The molecular formula is C6H16N2. The maximum Gasteiger partial charge on any atom is 0.0127 e. The predicted octanol–water partition coefficient (Wildman–Crippen LogP) is 0.853. The summed E-state index contributed by atoms with van der Waals surface area (Å²) >= 11 is 0. The first-order chi connectivity index (χ1) is 3.81. The van der Waals surface area contributed by atoms with Crippen molar-refractivity contribution in [1.29, 1.82) is 0 Å². The molecule has 0 aromatic carbocycles. The molecule has 0 aliphatic heterocycles. The van der Waals surface area contributed by atoms with E-state index in [0.29, 0.717) is 0 Å². The van der Waals surface area contributed by atoms with Gasteiger partial charge < -0.3 is 0 Å². The molecule has 0 fully saturated rings. The zero-order valence-corrected chi connectivity index (χ0v) is 6.07. The summed E-state index contributed by atoms with van der Waals surface area (Å²) in [6.45, 7) is 3.34. The van der Waals surface area contributed by atoms with Crippen molar-refractivity contribution >= 4 is 0 Å². The Morgan fingerprint density at radius 2 is 2.12 bits per heavy atom. The average molecular weight is 116 g/mol. The molecule has 0 unspecified atom stereocenters. The fourth-order valence-electron chi connectivity index (χ4n) is 0.507. The lowest BCUT2D eigenvalue weighted by Gasteiger charge is -2.12. The quantitative estimate of drug-likeness (QED) is 0.548. The Morgan fingerprint density at radius 3 is 2.50 bits per heavy atom. The maximum atomic E-state index is 3.03. The Bertz CT molecular complexity index is 45.8. The van der Waals surface area contributed by atoms with E-state index in [0.717, 1.165) is 6.54 Å². The van der Waals surface area contributed by atoms with Gasteiger partial charge in [0, 0.05) is 13.6 Å². The zero-order chi connectivity index (χ0) is 6.41. The first kappa shape index (κ1) is 7.92. The highest BCUT2D eigenvalue weighted by atomic mass is 15.5. The van der Waals surface area contributed by atoms with Gasteiger partial charge >= 0.3 is 0 Å². The van der Waals surface area contributed by atoms with Crippen LogP contribution in [0.2, 0.25) is 0 Å². The first-order valence-corrected chi connectivity index (χ1v) is 3.19. The number of rotatable bonds is 4. The van der Waals surface area contributed by atoms with Crippen molar-refractivity contribution in [3.63, 3.8) is 0 Å². The topological polar surface area (TPSA) is 15.3 Å². The summed E-state index contributed by atoms with van der Waals surface area (Å²) in [6, 6.07) is 0. The second-order valence-corrected chi connectivity index (χ2v) is 2.00. The molecule has 50 valence electrons. The molecule has 2 heteroatoms. The van der Waals surface area contributed by atoms with E-state index in [1.54, 1.807) is 0 Å². The molecule has 0 heterocycles. The van der Waals surface area contributed by atoms with Gasteiger partial charge in [0.05, 0.1) is 0 Å². The molecule has 8 heavy (non-hydrogen) atoms. The summed E-state index contributed by atoms with van der Waals surface area (Å²) in [7, 11) is 3.99. The van der Waals surface area contributed by atoms with Crippen LogP contribution in [0.4, 0.5) is 0 Å². The molecule has 0 aromatic heterocycles. The van der Waals surface area contributed by atoms with Crippen LogP contribution in [0.1, 0.15) is 19.8 Å². The van der Waals surface area contributed by atoms with Gasteiger partial charge in [-0.15, -0.1) is 0 Å². The Kier molecular flexibility index (Phi) is 5.01. The molecule has 0 aromatic rings. The van der Waals surface area contributed by atoms with Crippen LogP contribution in [0.15, 0.2) is 0 Å². The average Bonchev–Trinajstić information content (AvgIpc) is 1.83. The van der Waals surface area contributed by atoms with Gasteiger partial charge in [0.1, 0.15) is 0 Å². The van der Waals surface area contributed by atoms with Gasteiger partial charge in [-0.25, -0.2) is 5.01 Å². The number of hydrogen-bond acceptors (Lipinski definition) is 2. The van der Waals surface area contributed by atoms with Gasteiger partial charge in [-0.3, -0.25) is 5.43 Å². The number of hydrazine groups is 1. The molecule has 0 saturated carbocycles. The van der Waals surface area contributed by atoms with E-state index >= 15 is 0 Å². The highest BCUT2D eigenvalue weighted by Gasteiger charge is 1.88. The Morgan fingerprint density at radius 1 is 1.50 bits per heavy atom. The molecule has 0 rings (SSSR count). The van der Waals surface area contributed by atoms with Crippen LogP contribution >= 0.6 is 0 Å². The molecular weight excluding hydrogens is 100 g/mol. The van der Waals surface area contributed by atoms with Gasteiger partial charge in [0.15, 0.2) is 0 Å². The van der Waals surface area contributed by atoms with Crippen molar-refractivity contribution in [2.45, 2.75) is 19.8 Å². The van der Waals surface area contributed by atoms with Gasteiger partial charge in [-0.1, -0.05) is 13.3 Å². The smallest absolute Gasteiger partial charge is 0.0127 e. The van der Waals surface area contributed by atoms with Crippen LogP contribution in [0.3, 0.4) is 0 Å². The predicted molar refractivity (Wildman–Crippen MR) is 36.6 cm³/mol. The second kappa shape index (κ2) is 5.06. The highest BCUT2D eigenvalue weighted by Crippen LogP contribution is 1.86.